The van der Waals surface area contributed by atoms with Gasteiger partial charge in [-0.2, -0.15) is 0 Å². The monoisotopic (exact) mass is 279 g/mol. The topological polar surface area (TPSA) is 41.3 Å². The minimum atomic E-state index is -0.193. The summed E-state index contributed by atoms with van der Waals surface area (Å²) in [5, 5.41) is 0. The number of hydrogen-bond donors (Lipinski definition) is 2. The van der Waals surface area contributed by atoms with Gasteiger partial charge in [0.25, 0.3) is 0 Å². The summed E-state index contributed by atoms with van der Waals surface area (Å²) >= 11 is 0. The van der Waals surface area contributed by atoms with E-state index in [0.717, 1.165) is 30.6 Å². The molecule has 0 spiro atoms. The molecular formula is C16H26FN3. The molecule has 0 amide bonds. The van der Waals surface area contributed by atoms with Crippen molar-refractivity contribution in [2.75, 3.05) is 13.1 Å². The molecule has 2 rings (SSSR count). The Labute approximate surface area is 121 Å². The van der Waals surface area contributed by atoms with E-state index in [0.29, 0.717) is 0 Å². The Morgan fingerprint density at radius 1 is 1.40 bits per heavy atom. The molecule has 0 aliphatic carbocycles. The molecule has 4 heteroatoms. The lowest BCUT2D eigenvalue weighted by molar-refractivity contribution is 0.0837. The van der Waals surface area contributed by atoms with E-state index in [2.05, 4.69) is 24.2 Å². The SMILES string of the molecule is CCC(C)(C(NN)c1ccc(F)cc1C)N1CCCC1. The molecule has 2 unspecified atom stereocenters. The van der Waals surface area contributed by atoms with Gasteiger partial charge >= 0.3 is 0 Å². The van der Waals surface area contributed by atoms with Crippen molar-refractivity contribution in [2.45, 2.75) is 51.6 Å². The van der Waals surface area contributed by atoms with Crippen LogP contribution in [0.25, 0.3) is 0 Å². The first-order valence-electron chi connectivity index (χ1n) is 7.50. The lowest BCUT2D eigenvalue weighted by Gasteiger charge is -2.44. The summed E-state index contributed by atoms with van der Waals surface area (Å²) in [6.07, 6.45) is 3.49. The quantitative estimate of drug-likeness (QED) is 0.643. The number of benzene rings is 1. The summed E-state index contributed by atoms with van der Waals surface area (Å²) in [6.45, 7) is 8.63. The molecule has 0 bridgehead atoms. The van der Waals surface area contributed by atoms with Crippen LogP contribution in [0.15, 0.2) is 18.2 Å². The molecule has 20 heavy (non-hydrogen) atoms. The molecule has 1 aromatic rings. The molecule has 0 saturated carbocycles. The maximum atomic E-state index is 13.3. The highest BCUT2D eigenvalue weighted by molar-refractivity contribution is 5.32. The number of aryl methyl sites for hydroxylation is 1. The van der Waals surface area contributed by atoms with Gasteiger partial charge < -0.3 is 0 Å². The first kappa shape index (κ1) is 15.4. The van der Waals surface area contributed by atoms with E-state index >= 15 is 0 Å². The Bertz CT molecular complexity index is 457. The molecule has 1 heterocycles. The van der Waals surface area contributed by atoms with Crippen molar-refractivity contribution in [1.29, 1.82) is 0 Å². The first-order chi connectivity index (χ1) is 9.52. The molecule has 0 aromatic heterocycles. The van der Waals surface area contributed by atoms with Crippen molar-refractivity contribution in [3.63, 3.8) is 0 Å². The van der Waals surface area contributed by atoms with Crippen LogP contribution in [0.4, 0.5) is 4.39 Å². The van der Waals surface area contributed by atoms with Gasteiger partial charge in [0.2, 0.25) is 0 Å². The number of nitrogens with one attached hydrogen (secondary N) is 1. The number of hydrazine groups is 1. The summed E-state index contributed by atoms with van der Waals surface area (Å²) in [5.74, 6) is 5.68. The van der Waals surface area contributed by atoms with Crippen LogP contribution in [0, 0.1) is 12.7 Å². The maximum Gasteiger partial charge on any atom is 0.123 e. The third kappa shape index (κ3) is 2.73. The van der Waals surface area contributed by atoms with E-state index in [9.17, 15) is 4.39 Å². The van der Waals surface area contributed by atoms with Gasteiger partial charge in [-0.3, -0.25) is 16.2 Å². The van der Waals surface area contributed by atoms with Crippen molar-refractivity contribution in [3.05, 3.63) is 35.1 Å². The standard InChI is InChI=1S/C16H26FN3/c1-4-16(3,20-9-5-6-10-20)15(19-18)14-8-7-13(17)11-12(14)2/h7-8,11,15,19H,4-6,9-10,18H2,1-3H3. The maximum absolute atomic E-state index is 13.3. The van der Waals surface area contributed by atoms with E-state index in [-0.39, 0.29) is 17.4 Å². The second-order valence-corrected chi connectivity index (χ2v) is 6.01. The van der Waals surface area contributed by atoms with Crippen LogP contribution < -0.4 is 11.3 Å². The van der Waals surface area contributed by atoms with Crippen LogP contribution in [0.1, 0.15) is 50.3 Å². The Balaban J connectivity index is 2.38. The second kappa shape index (κ2) is 6.20. The van der Waals surface area contributed by atoms with Crippen molar-refractivity contribution >= 4 is 0 Å². The molecule has 0 radical (unpaired) electrons. The van der Waals surface area contributed by atoms with Gasteiger partial charge in [0.05, 0.1) is 6.04 Å². The molecule has 3 N–H and O–H groups in total. The lowest BCUT2D eigenvalue weighted by Crippen LogP contribution is -2.55. The second-order valence-electron chi connectivity index (χ2n) is 6.01. The zero-order valence-electron chi connectivity index (χ0n) is 12.7. The molecule has 1 aliphatic rings. The van der Waals surface area contributed by atoms with Gasteiger partial charge in [-0.15, -0.1) is 0 Å². The van der Waals surface area contributed by atoms with Crippen LogP contribution in [0.3, 0.4) is 0 Å². The number of nitrogens with two attached hydrogens (primary N) is 1. The fourth-order valence-corrected chi connectivity index (χ4v) is 3.41. The molecule has 1 fully saturated rings. The van der Waals surface area contributed by atoms with Crippen molar-refractivity contribution in [2.24, 2.45) is 5.84 Å². The summed E-state index contributed by atoms with van der Waals surface area (Å²) in [6, 6.07) is 4.97. The van der Waals surface area contributed by atoms with E-state index in [1.807, 2.05) is 13.0 Å². The van der Waals surface area contributed by atoms with Gasteiger partial charge in [-0.05, 0) is 69.5 Å². The van der Waals surface area contributed by atoms with Crippen molar-refractivity contribution < 1.29 is 4.39 Å². The average molecular weight is 279 g/mol. The molecule has 112 valence electrons. The highest BCUT2D eigenvalue weighted by atomic mass is 19.1. The Morgan fingerprint density at radius 2 is 2.05 bits per heavy atom. The largest absolute Gasteiger partial charge is 0.296 e. The normalized spacial score (nSPS) is 20.9. The predicted octanol–water partition coefficient (Wildman–Crippen LogP) is 2.90. The zero-order valence-corrected chi connectivity index (χ0v) is 12.7. The summed E-state index contributed by atoms with van der Waals surface area (Å²) in [4.78, 5) is 2.51. The fraction of sp³-hybridized carbons (Fsp3) is 0.625. The van der Waals surface area contributed by atoms with Gasteiger partial charge in [0, 0.05) is 5.54 Å². The van der Waals surface area contributed by atoms with Gasteiger partial charge in [0.1, 0.15) is 5.82 Å². The third-order valence-electron chi connectivity index (χ3n) is 4.88. The first-order valence-corrected chi connectivity index (χ1v) is 7.50. The van der Waals surface area contributed by atoms with Crippen LogP contribution in [0.5, 0.6) is 0 Å². The molecule has 1 saturated heterocycles. The fourth-order valence-electron chi connectivity index (χ4n) is 3.41. The van der Waals surface area contributed by atoms with Crippen LogP contribution in [0.2, 0.25) is 0 Å². The van der Waals surface area contributed by atoms with Gasteiger partial charge in [-0.1, -0.05) is 13.0 Å². The highest BCUT2D eigenvalue weighted by Gasteiger charge is 2.40. The summed E-state index contributed by atoms with van der Waals surface area (Å²) in [7, 11) is 0. The number of halogens is 1. The minimum absolute atomic E-state index is 0.00574. The summed E-state index contributed by atoms with van der Waals surface area (Å²) in [5.41, 5.74) is 4.97. The molecule has 2 atom stereocenters. The van der Waals surface area contributed by atoms with Crippen LogP contribution in [-0.2, 0) is 0 Å². The smallest absolute Gasteiger partial charge is 0.123 e. The third-order valence-corrected chi connectivity index (χ3v) is 4.88. The Morgan fingerprint density at radius 3 is 2.55 bits per heavy atom. The average Bonchev–Trinajstić information content (AvgIpc) is 2.96. The summed E-state index contributed by atoms with van der Waals surface area (Å²) < 4.78 is 13.3. The molecular weight excluding hydrogens is 253 g/mol. The highest BCUT2D eigenvalue weighted by Crippen LogP contribution is 2.37. The number of likely N-dealkylation sites (tertiary alicyclic amines) is 1. The van der Waals surface area contributed by atoms with Gasteiger partial charge in [-0.25, -0.2) is 4.39 Å². The van der Waals surface area contributed by atoms with E-state index in [4.69, 9.17) is 5.84 Å². The van der Waals surface area contributed by atoms with E-state index < -0.39 is 0 Å². The van der Waals surface area contributed by atoms with Gasteiger partial charge in [0.15, 0.2) is 0 Å². The Hall–Kier alpha value is -0.970. The van der Waals surface area contributed by atoms with Crippen LogP contribution >= 0.6 is 0 Å². The van der Waals surface area contributed by atoms with E-state index in [1.165, 1.54) is 18.9 Å². The molecule has 1 aromatic carbocycles. The van der Waals surface area contributed by atoms with Crippen LogP contribution in [-0.4, -0.2) is 23.5 Å². The number of rotatable bonds is 5. The minimum Gasteiger partial charge on any atom is -0.296 e. The zero-order chi connectivity index (χ0) is 14.8. The predicted molar refractivity (Wildman–Crippen MR) is 80.7 cm³/mol. The van der Waals surface area contributed by atoms with Crippen molar-refractivity contribution in [1.82, 2.24) is 10.3 Å². The van der Waals surface area contributed by atoms with Crippen molar-refractivity contribution in [3.8, 4) is 0 Å². The lowest BCUT2D eigenvalue weighted by atomic mass is 9.82. The Kier molecular flexibility index (Phi) is 4.78. The molecule has 1 aliphatic heterocycles. The molecule has 3 nitrogen and oxygen atoms in total. The number of nitrogens with zero attached hydrogens (tertiary/aromatic N) is 1. The van der Waals surface area contributed by atoms with E-state index in [1.54, 1.807) is 6.07 Å². The number of hydrogen-bond acceptors (Lipinski definition) is 3.